The van der Waals surface area contributed by atoms with Gasteiger partial charge in [0.25, 0.3) is 0 Å². The molecule has 1 atom stereocenters. The number of rotatable bonds is 6. The Balaban J connectivity index is 1.62. The molecule has 1 N–H and O–H groups in total. The molecule has 1 saturated carbocycles. The minimum absolute atomic E-state index is 0.0672. The molecule has 0 aromatic carbocycles. The summed E-state index contributed by atoms with van der Waals surface area (Å²) in [5, 5.41) is 3.08. The first-order valence-electron chi connectivity index (χ1n) is 10.6. The topological polar surface area (TPSA) is 87.7 Å². The predicted molar refractivity (Wildman–Crippen MR) is 109 cm³/mol. The van der Waals surface area contributed by atoms with Crippen LogP contribution in [0.5, 0.6) is 0 Å². The van der Waals surface area contributed by atoms with Crippen LogP contribution in [0.25, 0.3) is 0 Å². The molecule has 2 fully saturated rings. The Hall–Kier alpha value is -2.22. The van der Waals surface area contributed by atoms with Crippen molar-refractivity contribution in [3.05, 3.63) is 24.3 Å². The van der Waals surface area contributed by atoms with Gasteiger partial charge in [0.15, 0.2) is 0 Å². The lowest BCUT2D eigenvalue weighted by atomic mass is 10.1. The quantitative estimate of drug-likeness (QED) is 0.784. The van der Waals surface area contributed by atoms with Crippen molar-refractivity contribution in [2.45, 2.75) is 77.1 Å². The summed E-state index contributed by atoms with van der Waals surface area (Å²) >= 11 is 0. The molecule has 160 valence electrons. The average Bonchev–Trinajstić information content (AvgIpc) is 3.47. The van der Waals surface area contributed by atoms with Crippen LogP contribution in [0.1, 0.15) is 58.4 Å². The van der Waals surface area contributed by atoms with Crippen molar-refractivity contribution in [3.63, 3.8) is 0 Å². The maximum absolute atomic E-state index is 12.5. The van der Waals surface area contributed by atoms with Gasteiger partial charge in [0, 0.05) is 49.7 Å². The normalized spacial score (nSPS) is 20.3. The van der Waals surface area contributed by atoms with Crippen LogP contribution in [0.15, 0.2) is 18.7 Å². The van der Waals surface area contributed by atoms with Crippen molar-refractivity contribution in [1.29, 1.82) is 0 Å². The van der Waals surface area contributed by atoms with Crippen LogP contribution in [-0.4, -0.2) is 69.1 Å². The van der Waals surface area contributed by atoms with E-state index >= 15 is 0 Å². The van der Waals surface area contributed by atoms with E-state index in [1.54, 1.807) is 17.3 Å². The molecule has 8 nitrogen and oxygen atoms in total. The van der Waals surface area contributed by atoms with Crippen LogP contribution < -0.4 is 5.32 Å². The highest BCUT2D eigenvalue weighted by molar-refractivity contribution is 5.78. The largest absolute Gasteiger partial charge is 0.444 e. The van der Waals surface area contributed by atoms with Gasteiger partial charge in [0.1, 0.15) is 11.9 Å². The molecule has 1 aromatic rings. The summed E-state index contributed by atoms with van der Waals surface area (Å²) in [4.78, 5) is 37.1. The second-order valence-electron chi connectivity index (χ2n) is 9.05. The molecule has 2 amide bonds. The minimum atomic E-state index is -0.497. The van der Waals surface area contributed by atoms with Gasteiger partial charge in [-0.05, 0) is 52.9 Å². The highest BCUT2D eigenvalue weighted by Gasteiger charge is 2.30. The van der Waals surface area contributed by atoms with Crippen molar-refractivity contribution < 1.29 is 14.3 Å². The predicted octanol–water partition coefficient (Wildman–Crippen LogP) is 2.35. The molecular weight excluding hydrogens is 370 g/mol. The highest BCUT2D eigenvalue weighted by Crippen LogP contribution is 2.22. The molecule has 1 aliphatic carbocycles. The maximum atomic E-state index is 12.5. The van der Waals surface area contributed by atoms with Crippen LogP contribution >= 0.6 is 0 Å². The zero-order chi connectivity index (χ0) is 20.9. The Morgan fingerprint density at radius 2 is 1.90 bits per heavy atom. The molecule has 2 heterocycles. The average molecular weight is 404 g/mol. The van der Waals surface area contributed by atoms with Crippen LogP contribution in [0.3, 0.4) is 0 Å². The molecular formula is C21H33N5O3. The molecule has 1 aliphatic heterocycles. The third-order valence-corrected chi connectivity index (χ3v) is 5.15. The zero-order valence-electron chi connectivity index (χ0n) is 17.8. The summed E-state index contributed by atoms with van der Waals surface area (Å²) in [5.41, 5.74) is 0.489. The lowest BCUT2D eigenvalue weighted by Gasteiger charge is -2.31. The van der Waals surface area contributed by atoms with Crippen LogP contribution in [0.2, 0.25) is 0 Å². The zero-order valence-corrected chi connectivity index (χ0v) is 17.8. The van der Waals surface area contributed by atoms with E-state index in [-0.39, 0.29) is 18.0 Å². The van der Waals surface area contributed by atoms with Gasteiger partial charge in [0.2, 0.25) is 5.91 Å². The van der Waals surface area contributed by atoms with E-state index < -0.39 is 5.60 Å². The van der Waals surface area contributed by atoms with Crippen LogP contribution in [0.4, 0.5) is 4.79 Å². The number of hydrogen-bond acceptors (Lipinski definition) is 6. The smallest absolute Gasteiger partial charge is 0.410 e. The molecule has 3 rings (SSSR count). The first-order valence-corrected chi connectivity index (χ1v) is 10.6. The van der Waals surface area contributed by atoms with Crippen molar-refractivity contribution in [3.8, 4) is 0 Å². The third-order valence-electron chi connectivity index (χ3n) is 5.15. The van der Waals surface area contributed by atoms with Crippen molar-refractivity contribution in [1.82, 2.24) is 25.1 Å². The Kier molecular flexibility index (Phi) is 7.05. The number of ether oxygens (including phenoxy) is 1. The number of aromatic nitrogens is 2. The fourth-order valence-corrected chi connectivity index (χ4v) is 3.60. The monoisotopic (exact) mass is 403 g/mol. The number of carbonyl (C=O) groups is 2. The Morgan fingerprint density at radius 3 is 2.55 bits per heavy atom. The van der Waals surface area contributed by atoms with Gasteiger partial charge in [-0.3, -0.25) is 9.69 Å². The molecule has 0 spiro atoms. The van der Waals surface area contributed by atoms with Gasteiger partial charge in [-0.2, -0.15) is 0 Å². The molecule has 1 aromatic heterocycles. The van der Waals surface area contributed by atoms with E-state index in [4.69, 9.17) is 4.74 Å². The third kappa shape index (κ3) is 7.27. The molecule has 2 aliphatic rings. The van der Waals surface area contributed by atoms with Crippen LogP contribution in [-0.2, 0) is 16.1 Å². The summed E-state index contributed by atoms with van der Waals surface area (Å²) < 4.78 is 5.53. The fraction of sp³-hybridized carbons (Fsp3) is 0.714. The van der Waals surface area contributed by atoms with Gasteiger partial charge in [-0.25, -0.2) is 14.8 Å². The molecule has 0 unspecified atom stereocenters. The summed E-state index contributed by atoms with van der Waals surface area (Å²) in [7, 11) is 0. The molecule has 0 radical (unpaired) electrons. The van der Waals surface area contributed by atoms with Crippen molar-refractivity contribution >= 4 is 12.0 Å². The molecule has 29 heavy (non-hydrogen) atoms. The van der Waals surface area contributed by atoms with Crippen molar-refractivity contribution in [2.24, 2.45) is 0 Å². The number of nitrogens with zero attached hydrogens (tertiary/aromatic N) is 4. The summed E-state index contributed by atoms with van der Waals surface area (Å²) in [6, 6.07) is 0.564. The summed E-state index contributed by atoms with van der Waals surface area (Å²) in [6.45, 7) is 7.93. The second-order valence-corrected chi connectivity index (χ2v) is 9.05. The SMILES string of the molecule is CC(C)(C)OC(=O)N1CCC[C@H](N(CC(=O)NC2CC2)Cc2cncnc2)CC1. The first kappa shape index (κ1) is 21.5. The lowest BCUT2D eigenvalue weighted by molar-refractivity contribution is -0.123. The first-order chi connectivity index (χ1) is 13.8. The van der Waals surface area contributed by atoms with Crippen molar-refractivity contribution in [2.75, 3.05) is 19.6 Å². The number of nitrogens with one attached hydrogen (secondary N) is 1. The standard InChI is InChI=1S/C21H33N5O3/c1-21(2,3)29-20(28)25-9-4-5-18(8-10-25)26(13-16-11-22-15-23-12-16)14-19(27)24-17-6-7-17/h11-12,15,17-18H,4-10,13-14H2,1-3H3,(H,24,27)/t18-/m0/s1. The van der Waals surface area contributed by atoms with Gasteiger partial charge in [-0.15, -0.1) is 0 Å². The Bertz CT molecular complexity index is 687. The Morgan fingerprint density at radius 1 is 1.17 bits per heavy atom. The van der Waals surface area contributed by atoms with Gasteiger partial charge < -0.3 is 15.0 Å². The summed E-state index contributed by atoms with van der Waals surface area (Å²) in [6.07, 6.45) is 9.62. The van der Waals surface area contributed by atoms with Gasteiger partial charge in [-0.1, -0.05) is 0 Å². The Labute approximate surface area is 173 Å². The van der Waals surface area contributed by atoms with E-state index in [1.807, 2.05) is 20.8 Å². The van der Waals surface area contributed by atoms with E-state index in [2.05, 4.69) is 20.2 Å². The molecule has 0 bridgehead atoms. The number of amides is 2. The van der Waals surface area contributed by atoms with E-state index in [0.717, 1.165) is 37.7 Å². The van der Waals surface area contributed by atoms with E-state index in [0.29, 0.717) is 32.2 Å². The van der Waals surface area contributed by atoms with Gasteiger partial charge in [0.05, 0.1) is 6.54 Å². The second kappa shape index (κ2) is 9.52. The molecule has 1 saturated heterocycles. The van der Waals surface area contributed by atoms with Gasteiger partial charge >= 0.3 is 6.09 Å². The summed E-state index contributed by atoms with van der Waals surface area (Å²) in [5.74, 6) is 0.0672. The molecule has 8 heteroatoms. The fourth-order valence-electron chi connectivity index (χ4n) is 3.60. The number of likely N-dealkylation sites (tertiary alicyclic amines) is 1. The minimum Gasteiger partial charge on any atom is -0.444 e. The number of hydrogen-bond donors (Lipinski definition) is 1. The van der Waals surface area contributed by atoms with E-state index in [1.165, 1.54) is 6.33 Å². The number of carbonyl (C=O) groups excluding carboxylic acids is 2. The van der Waals surface area contributed by atoms with Crippen LogP contribution in [0, 0.1) is 0 Å². The van der Waals surface area contributed by atoms with E-state index in [9.17, 15) is 9.59 Å². The highest BCUT2D eigenvalue weighted by atomic mass is 16.6. The lowest BCUT2D eigenvalue weighted by Crippen LogP contribution is -2.44. The maximum Gasteiger partial charge on any atom is 0.410 e.